The minimum Gasteiger partial charge on any atom is -0.477 e. The Morgan fingerprint density at radius 3 is 2.35 bits per heavy atom. The summed E-state index contributed by atoms with van der Waals surface area (Å²) in [4.78, 5) is 11.7. The van der Waals surface area contributed by atoms with Gasteiger partial charge in [-0.05, 0) is 31.2 Å². The molecular weight excluding hydrogens is 298 g/mol. The molecule has 5 nitrogen and oxygen atoms in total. The van der Waals surface area contributed by atoms with Gasteiger partial charge in [0, 0.05) is 18.0 Å². The molecular formula is C13H19NO4S2. The highest BCUT2D eigenvalue weighted by Crippen LogP contribution is 2.34. The van der Waals surface area contributed by atoms with Crippen molar-refractivity contribution in [1.82, 2.24) is 4.31 Å². The molecule has 1 aromatic rings. The highest BCUT2D eigenvalue weighted by atomic mass is 32.2. The molecule has 1 N–H and O–H groups in total. The van der Waals surface area contributed by atoms with Crippen molar-refractivity contribution in [3.05, 3.63) is 15.8 Å². The van der Waals surface area contributed by atoms with Gasteiger partial charge in [-0.25, -0.2) is 13.2 Å². The van der Waals surface area contributed by atoms with Crippen molar-refractivity contribution in [1.29, 1.82) is 0 Å². The van der Waals surface area contributed by atoms with Gasteiger partial charge in [-0.1, -0.05) is 13.8 Å². The number of hydrogen-bond donors (Lipinski definition) is 1. The fourth-order valence-electron chi connectivity index (χ4n) is 2.30. The van der Waals surface area contributed by atoms with E-state index in [9.17, 15) is 13.2 Å². The maximum atomic E-state index is 12.6. The molecule has 0 bridgehead atoms. The smallest absolute Gasteiger partial charge is 0.345 e. The highest BCUT2D eigenvalue weighted by molar-refractivity contribution is 7.89. The van der Waals surface area contributed by atoms with E-state index in [1.165, 1.54) is 10.4 Å². The summed E-state index contributed by atoms with van der Waals surface area (Å²) >= 11 is 1.01. The first kappa shape index (κ1) is 15.5. The first-order valence-corrected chi connectivity index (χ1v) is 8.73. The number of sulfonamides is 1. The van der Waals surface area contributed by atoms with Gasteiger partial charge in [0.1, 0.15) is 4.88 Å². The minimum atomic E-state index is -3.58. The molecule has 1 aliphatic heterocycles. The molecule has 7 heteroatoms. The summed E-state index contributed by atoms with van der Waals surface area (Å²) in [6.07, 6.45) is 1.64. The summed E-state index contributed by atoms with van der Waals surface area (Å²) in [5.41, 5.74) is 0.169. The molecule has 0 amide bonds. The molecule has 0 saturated carbocycles. The number of rotatable bonds is 3. The number of aryl methyl sites for hydroxylation is 1. The van der Waals surface area contributed by atoms with Crippen LogP contribution in [0.2, 0.25) is 0 Å². The van der Waals surface area contributed by atoms with Crippen LogP contribution in [0.15, 0.2) is 11.0 Å². The number of carboxylic acid groups (broad SMARTS) is 1. The van der Waals surface area contributed by atoms with Crippen LogP contribution in [0.3, 0.4) is 0 Å². The molecule has 112 valence electrons. The van der Waals surface area contributed by atoms with E-state index >= 15 is 0 Å². The van der Waals surface area contributed by atoms with Gasteiger partial charge in [0.05, 0.1) is 4.90 Å². The summed E-state index contributed by atoms with van der Waals surface area (Å²) in [5.74, 6) is -1.08. The van der Waals surface area contributed by atoms with Crippen molar-refractivity contribution in [2.75, 3.05) is 13.1 Å². The highest BCUT2D eigenvalue weighted by Gasteiger charge is 2.34. The standard InChI is InChI=1S/C13H19NO4S2/c1-9-11(8-10(19-9)12(15)16)20(17,18)14-6-4-13(2,3)5-7-14/h8H,4-7H2,1-3H3,(H,15,16). The Morgan fingerprint density at radius 2 is 1.90 bits per heavy atom. The third kappa shape index (κ3) is 2.89. The first-order valence-electron chi connectivity index (χ1n) is 6.47. The monoisotopic (exact) mass is 317 g/mol. The topological polar surface area (TPSA) is 74.7 Å². The van der Waals surface area contributed by atoms with Crippen molar-refractivity contribution >= 4 is 27.3 Å². The molecule has 0 aromatic carbocycles. The molecule has 2 heterocycles. The molecule has 2 rings (SSSR count). The Hall–Kier alpha value is -0.920. The predicted octanol–water partition coefficient (Wildman–Crippen LogP) is 2.57. The summed E-state index contributed by atoms with van der Waals surface area (Å²) in [7, 11) is -3.58. The predicted molar refractivity (Wildman–Crippen MR) is 77.8 cm³/mol. The number of thiophene rings is 1. The average molecular weight is 317 g/mol. The van der Waals surface area contributed by atoms with Crippen LogP contribution < -0.4 is 0 Å². The van der Waals surface area contributed by atoms with E-state index < -0.39 is 16.0 Å². The number of nitrogens with zero attached hydrogens (tertiary/aromatic N) is 1. The van der Waals surface area contributed by atoms with Crippen LogP contribution >= 0.6 is 11.3 Å². The third-order valence-electron chi connectivity index (χ3n) is 3.78. The second-order valence-corrected chi connectivity index (χ2v) is 9.07. The van der Waals surface area contributed by atoms with Gasteiger partial charge in [-0.3, -0.25) is 0 Å². The molecule has 20 heavy (non-hydrogen) atoms. The van der Waals surface area contributed by atoms with E-state index in [1.807, 2.05) is 0 Å². The molecule has 1 saturated heterocycles. The Morgan fingerprint density at radius 1 is 1.35 bits per heavy atom. The SMILES string of the molecule is Cc1sc(C(=O)O)cc1S(=O)(=O)N1CCC(C)(C)CC1. The Bertz CT molecular complexity index is 621. The van der Waals surface area contributed by atoms with Crippen molar-refractivity contribution in [2.45, 2.75) is 38.5 Å². The van der Waals surface area contributed by atoms with E-state index in [0.717, 1.165) is 24.2 Å². The van der Waals surface area contributed by atoms with Gasteiger partial charge in [0.15, 0.2) is 0 Å². The maximum absolute atomic E-state index is 12.6. The zero-order chi connectivity index (χ0) is 15.1. The van der Waals surface area contributed by atoms with Crippen molar-refractivity contribution in [3.63, 3.8) is 0 Å². The van der Waals surface area contributed by atoms with Crippen LogP contribution in [0.25, 0.3) is 0 Å². The molecule has 0 spiro atoms. The molecule has 1 aromatic heterocycles. The first-order chi connectivity index (χ1) is 9.13. The summed E-state index contributed by atoms with van der Waals surface area (Å²) in [6.45, 7) is 6.91. The van der Waals surface area contributed by atoms with Gasteiger partial charge in [0.2, 0.25) is 10.0 Å². The molecule has 0 unspecified atom stereocenters. The lowest BCUT2D eigenvalue weighted by Gasteiger charge is -2.36. The second-order valence-electron chi connectivity index (χ2n) is 5.90. The number of piperidine rings is 1. The van der Waals surface area contributed by atoms with Gasteiger partial charge >= 0.3 is 5.97 Å². The average Bonchev–Trinajstić information content (AvgIpc) is 2.71. The quantitative estimate of drug-likeness (QED) is 0.929. The number of carboxylic acids is 1. The fourth-order valence-corrected chi connectivity index (χ4v) is 5.14. The number of aromatic carboxylic acids is 1. The summed E-state index contributed by atoms with van der Waals surface area (Å²) in [5, 5.41) is 8.97. The van der Waals surface area contributed by atoms with E-state index in [4.69, 9.17) is 5.11 Å². The zero-order valence-corrected chi connectivity index (χ0v) is 13.5. The van der Waals surface area contributed by atoms with Crippen LogP contribution in [-0.4, -0.2) is 36.9 Å². The largest absolute Gasteiger partial charge is 0.477 e. The van der Waals surface area contributed by atoms with Crippen LogP contribution in [-0.2, 0) is 10.0 Å². The van der Waals surface area contributed by atoms with Crippen LogP contribution in [0.4, 0.5) is 0 Å². The minimum absolute atomic E-state index is 0.0680. The van der Waals surface area contributed by atoms with Crippen molar-refractivity contribution in [2.24, 2.45) is 5.41 Å². The normalized spacial score (nSPS) is 19.9. The van der Waals surface area contributed by atoms with E-state index in [1.54, 1.807) is 6.92 Å². The lowest BCUT2D eigenvalue weighted by atomic mass is 9.83. The maximum Gasteiger partial charge on any atom is 0.345 e. The molecule has 0 radical (unpaired) electrons. The molecule has 0 aliphatic carbocycles. The number of hydrogen-bond acceptors (Lipinski definition) is 4. The van der Waals surface area contributed by atoms with E-state index in [2.05, 4.69) is 13.8 Å². The van der Waals surface area contributed by atoms with Crippen LogP contribution in [0.1, 0.15) is 41.2 Å². The summed E-state index contributed by atoms with van der Waals surface area (Å²) < 4.78 is 26.7. The number of carbonyl (C=O) groups is 1. The third-order valence-corrected chi connectivity index (χ3v) is 6.97. The van der Waals surface area contributed by atoms with Crippen LogP contribution in [0, 0.1) is 12.3 Å². The van der Waals surface area contributed by atoms with Gasteiger partial charge in [-0.15, -0.1) is 11.3 Å². The lowest BCUT2D eigenvalue weighted by Crippen LogP contribution is -2.41. The van der Waals surface area contributed by atoms with Crippen molar-refractivity contribution < 1.29 is 18.3 Å². The summed E-state index contributed by atoms with van der Waals surface area (Å²) in [6, 6.07) is 1.28. The van der Waals surface area contributed by atoms with E-state index in [0.29, 0.717) is 18.0 Å². The van der Waals surface area contributed by atoms with E-state index in [-0.39, 0.29) is 15.2 Å². The van der Waals surface area contributed by atoms with Gasteiger partial charge in [0.25, 0.3) is 0 Å². The van der Waals surface area contributed by atoms with Crippen LogP contribution in [0.5, 0.6) is 0 Å². The second kappa shape index (κ2) is 5.13. The Kier molecular flexibility index (Phi) is 3.96. The zero-order valence-electron chi connectivity index (χ0n) is 11.8. The fraction of sp³-hybridized carbons (Fsp3) is 0.615. The van der Waals surface area contributed by atoms with Gasteiger partial charge < -0.3 is 5.11 Å². The Labute approximate surface area is 123 Å². The lowest BCUT2D eigenvalue weighted by molar-refractivity contribution is 0.0702. The molecule has 1 fully saturated rings. The molecule has 0 atom stereocenters. The molecule has 1 aliphatic rings. The Balaban J connectivity index is 2.29. The van der Waals surface area contributed by atoms with Gasteiger partial charge in [-0.2, -0.15) is 4.31 Å². The van der Waals surface area contributed by atoms with Crippen molar-refractivity contribution in [3.8, 4) is 0 Å².